The Bertz CT molecular complexity index is 178. The number of nitrogens with one attached hydrogen (secondary N) is 1. The standard InChI is InChI=1S/C15H31NO/c1-4-6-13(3)10-15(16-8-5-2)11-14-7-9-17-12-14/h13-16H,4-12H2,1-3H3. The molecule has 2 nitrogen and oxygen atoms in total. The lowest BCUT2D eigenvalue weighted by Crippen LogP contribution is -2.33. The van der Waals surface area contributed by atoms with Crippen molar-refractivity contribution >= 4 is 0 Å². The number of ether oxygens (including phenoxy) is 1. The molecule has 0 amide bonds. The molecule has 1 saturated heterocycles. The smallest absolute Gasteiger partial charge is 0.0495 e. The molecule has 0 aromatic heterocycles. The van der Waals surface area contributed by atoms with Crippen LogP contribution in [0, 0.1) is 11.8 Å². The summed E-state index contributed by atoms with van der Waals surface area (Å²) >= 11 is 0. The molecule has 0 radical (unpaired) electrons. The van der Waals surface area contributed by atoms with Crippen LogP contribution >= 0.6 is 0 Å². The van der Waals surface area contributed by atoms with Crippen LogP contribution in [0.3, 0.4) is 0 Å². The molecule has 3 unspecified atom stereocenters. The number of rotatable bonds is 9. The van der Waals surface area contributed by atoms with Gasteiger partial charge in [0, 0.05) is 19.3 Å². The van der Waals surface area contributed by atoms with Crippen LogP contribution in [0.2, 0.25) is 0 Å². The van der Waals surface area contributed by atoms with Crippen LogP contribution in [0.15, 0.2) is 0 Å². The van der Waals surface area contributed by atoms with E-state index in [0.717, 1.165) is 31.6 Å². The van der Waals surface area contributed by atoms with Crippen LogP contribution < -0.4 is 5.32 Å². The maximum atomic E-state index is 5.49. The Morgan fingerprint density at radius 3 is 2.71 bits per heavy atom. The van der Waals surface area contributed by atoms with Crippen molar-refractivity contribution in [1.29, 1.82) is 0 Å². The van der Waals surface area contributed by atoms with Gasteiger partial charge in [-0.25, -0.2) is 0 Å². The zero-order chi connectivity index (χ0) is 12.5. The van der Waals surface area contributed by atoms with Crippen molar-refractivity contribution in [2.75, 3.05) is 19.8 Å². The minimum absolute atomic E-state index is 0.711. The fourth-order valence-corrected chi connectivity index (χ4v) is 2.88. The van der Waals surface area contributed by atoms with E-state index in [0.29, 0.717) is 6.04 Å². The van der Waals surface area contributed by atoms with Gasteiger partial charge in [-0.2, -0.15) is 0 Å². The summed E-state index contributed by atoms with van der Waals surface area (Å²) in [7, 11) is 0. The molecule has 0 bridgehead atoms. The van der Waals surface area contributed by atoms with Gasteiger partial charge in [0.05, 0.1) is 0 Å². The predicted octanol–water partition coefficient (Wildman–Crippen LogP) is 3.61. The lowest BCUT2D eigenvalue weighted by molar-refractivity contribution is 0.179. The Kier molecular flexibility index (Phi) is 7.87. The van der Waals surface area contributed by atoms with Gasteiger partial charge in [0.2, 0.25) is 0 Å². The fraction of sp³-hybridized carbons (Fsp3) is 1.00. The average molecular weight is 241 g/mol. The van der Waals surface area contributed by atoms with Gasteiger partial charge >= 0.3 is 0 Å². The summed E-state index contributed by atoms with van der Waals surface area (Å²) in [6.45, 7) is 10.1. The van der Waals surface area contributed by atoms with Crippen molar-refractivity contribution in [3.8, 4) is 0 Å². The second-order valence-corrected chi connectivity index (χ2v) is 5.75. The van der Waals surface area contributed by atoms with E-state index in [9.17, 15) is 0 Å². The first-order valence-electron chi connectivity index (χ1n) is 7.57. The Labute approximate surface area is 108 Å². The minimum Gasteiger partial charge on any atom is -0.381 e. The van der Waals surface area contributed by atoms with Gasteiger partial charge in [-0.15, -0.1) is 0 Å². The fourth-order valence-electron chi connectivity index (χ4n) is 2.88. The maximum absolute atomic E-state index is 5.49. The highest BCUT2D eigenvalue weighted by molar-refractivity contribution is 4.76. The van der Waals surface area contributed by atoms with Crippen molar-refractivity contribution < 1.29 is 4.74 Å². The van der Waals surface area contributed by atoms with E-state index >= 15 is 0 Å². The van der Waals surface area contributed by atoms with Gasteiger partial charge in [-0.1, -0.05) is 33.6 Å². The van der Waals surface area contributed by atoms with Crippen molar-refractivity contribution in [3.05, 3.63) is 0 Å². The van der Waals surface area contributed by atoms with Crippen LogP contribution in [-0.2, 0) is 4.74 Å². The summed E-state index contributed by atoms with van der Waals surface area (Å²) in [4.78, 5) is 0. The zero-order valence-corrected chi connectivity index (χ0v) is 12.0. The third-order valence-electron chi connectivity index (χ3n) is 3.79. The van der Waals surface area contributed by atoms with Gasteiger partial charge in [0.25, 0.3) is 0 Å². The predicted molar refractivity (Wildman–Crippen MR) is 74.3 cm³/mol. The molecule has 0 saturated carbocycles. The molecule has 1 fully saturated rings. The highest BCUT2D eigenvalue weighted by Crippen LogP contribution is 2.22. The third kappa shape index (κ3) is 6.42. The van der Waals surface area contributed by atoms with Crippen LogP contribution in [0.4, 0.5) is 0 Å². The van der Waals surface area contributed by atoms with Crippen molar-refractivity contribution in [2.45, 2.75) is 65.3 Å². The molecule has 3 atom stereocenters. The molecule has 102 valence electrons. The molecule has 2 heteroatoms. The van der Waals surface area contributed by atoms with Gasteiger partial charge in [-0.05, 0) is 44.1 Å². The van der Waals surface area contributed by atoms with Crippen molar-refractivity contribution in [1.82, 2.24) is 5.32 Å². The average Bonchev–Trinajstić information content (AvgIpc) is 2.79. The van der Waals surface area contributed by atoms with E-state index in [2.05, 4.69) is 26.1 Å². The van der Waals surface area contributed by atoms with Crippen LogP contribution in [0.5, 0.6) is 0 Å². The number of hydrogen-bond donors (Lipinski definition) is 1. The molecule has 1 rings (SSSR count). The highest BCUT2D eigenvalue weighted by Gasteiger charge is 2.21. The van der Waals surface area contributed by atoms with Gasteiger partial charge < -0.3 is 10.1 Å². The first-order valence-corrected chi connectivity index (χ1v) is 7.57. The third-order valence-corrected chi connectivity index (χ3v) is 3.79. The van der Waals surface area contributed by atoms with Crippen molar-refractivity contribution in [3.63, 3.8) is 0 Å². The summed E-state index contributed by atoms with van der Waals surface area (Å²) < 4.78 is 5.49. The van der Waals surface area contributed by atoms with Gasteiger partial charge in [0.15, 0.2) is 0 Å². The molecule has 1 N–H and O–H groups in total. The molecule has 17 heavy (non-hydrogen) atoms. The van der Waals surface area contributed by atoms with E-state index in [4.69, 9.17) is 4.74 Å². The van der Waals surface area contributed by atoms with E-state index in [-0.39, 0.29) is 0 Å². The lowest BCUT2D eigenvalue weighted by Gasteiger charge is -2.24. The summed E-state index contributed by atoms with van der Waals surface area (Å²) in [5.41, 5.74) is 0. The Hall–Kier alpha value is -0.0800. The molecule has 0 aromatic rings. The molecular formula is C15H31NO. The quantitative estimate of drug-likeness (QED) is 0.666. The second-order valence-electron chi connectivity index (χ2n) is 5.75. The van der Waals surface area contributed by atoms with Crippen LogP contribution in [0.1, 0.15) is 59.3 Å². The summed E-state index contributed by atoms with van der Waals surface area (Å²) in [5.74, 6) is 1.66. The SMILES string of the molecule is CCCNC(CC(C)CCC)CC1CCOC1. The van der Waals surface area contributed by atoms with Crippen molar-refractivity contribution in [2.24, 2.45) is 11.8 Å². The van der Waals surface area contributed by atoms with Gasteiger partial charge in [0.1, 0.15) is 0 Å². The largest absolute Gasteiger partial charge is 0.381 e. The van der Waals surface area contributed by atoms with E-state index in [1.165, 1.54) is 38.5 Å². The molecule has 1 heterocycles. The number of hydrogen-bond acceptors (Lipinski definition) is 2. The molecule has 0 aromatic carbocycles. The van der Waals surface area contributed by atoms with Crippen LogP contribution in [-0.4, -0.2) is 25.8 Å². The van der Waals surface area contributed by atoms with E-state index in [1.807, 2.05) is 0 Å². The lowest BCUT2D eigenvalue weighted by atomic mass is 9.90. The molecule has 0 aliphatic carbocycles. The zero-order valence-electron chi connectivity index (χ0n) is 12.0. The first kappa shape index (κ1) is 15.0. The van der Waals surface area contributed by atoms with Gasteiger partial charge in [-0.3, -0.25) is 0 Å². The highest BCUT2D eigenvalue weighted by atomic mass is 16.5. The second kappa shape index (κ2) is 8.93. The Morgan fingerprint density at radius 2 is 2.12 bits per heavy atom. The summed E-state index contributed by atoms with van der Waals surface area (Å²) in [6.07, 6.45) is 7.84. The summed E-state index contributed by atoms with van der Waals surface area (Å²) in [5, 5.41) is 3.73. The molecular weight excluding hydrogens is 210 g/mol. The first-order chi connectivity index (χ1) is 8.26. The minimum atomic E-state index is 0.711. The normalized spacial score (nSPS) is 23.8. The van der Waals surface area contributed by atoms with Crippen LogP contribution in [0.25, 0.3) is 0 Å². The van der Waals surface area contributed by atoms with E-state index in [1.54, 1.807) is 0 Å². The topological polar surface area (TPSA) is 21.3 Å². The van der Waals surface area contributed by atoms with E-state index < -0.39 is 0 Å². The molecule has 1 aliphatic rings. The monoisotopic (exact) mass is 241 g/mol. The summed E-state index contributed by atoms with van der Waals surface area (Å²) in [6, 6.07) is 0.711. The Morgan fingerprint density at radius 1 is 1.29 bits per heavy atom. The molecule has 1 aliphatic heterocycles. The maximum Gasteiger partial charge on any atom is 0.0495 e. The molecule has 0 spiro atoms. The Balaban J connectivity index is 2.30.